The molecule has 1 heterocycles. The van der Waals surface area contributed by atoms with Crippen molar-refractivity contribution in [2.45, 2.75) is 18.9 Å². The van der Waals surface area contributed by atoms with Crippen LogP contribution < -0.4 is 0 Å². The number of Topliss-reactive ketones (excluding diaryl/α,β-unsaturated/α-hetero) is 1. The van der Waals surface area contributed by atoms with Crippen LogP contribution in [-0.4, -0.2) is 24.4 Å². The van der Waals surface area contributed by atoms with Gasteiger partial charge in [-0.2, -0.15) is 11.8 Å². The van der Waals surface area contributed by atoms with Crippen LogP contribution in [0.2, 0.25) is 0 Å². The second kappa shape index (κ2) is 5.51. The van der Waals surface area contributed by atoms with Crippen LogP contribution in [-0.2, 0) is 16.0 Å². The van der Waals surface area contributed by atoms with Crippen LogP contribution in [0.3, 0.4) is 0 Å². The normalized spacial score (nSPS) is 19.2. The van der Waals surface area contributed by atoms with Crippen molar-refractivity contribution >= 4 is 17.5 Å². The summed E-state index contributed by atoms with van der Waals surface area (Å²) >= 11 is 1.57. The average Bonchev–Trinajstić information content (AvgIpc) is 2.30. The lowest BCUT2D eigenvalue weighted by molar-refractivity contribution is -0.119. The van der Waals surface area contributed by atoms with E-state index in [1.54, 1.807) is 11.8 Å². The lowest BCUT2D eigenvalue weighted by Crippen LogP contribution is -2.19. The van der Waals surface area contributed by atoms with E-state index in [0.717, 1.165) is 13.0 Å². The minimum atomic E-state index is -0.0235. The highest BCUT2D eigenvalue weighted by molar-refractivity contribution is 7.99. The van der Waals surface area contributed by atoms with Gasteiger partial charge >= 0.3 is 0 Å². The lowest BCUT2D eigenvalue weighted by atomic mass is 9.95. The van der Waals surface area contributed by atoms with Gasteiger partial charge in [-0.1, -0.05) is 24.3 Å². The van der Waals surface area contributed by atoms with Crippen LogP contribution in [0.1, 0.15) is 23.7 Å². The number of ether oxygens (including phenoxy) is 1. The Kier molecular flexibility index (Phi) is 4.02. The summed E-state index contributed by atoms with van der Waals surface area (Å²) in [4.78, 5) is 11.6. The van der Waals surface area contributed by atoms with Crippen LogP contribution in [0.4, 0.5) is 0 Å². The van der Waals surface area contributed by atoms with Gasteiger partial charge in [0.2, 0.25) is 0 Å². The quantitative estimate of drug-likeness (QED) is 0.804. The number of ketones is 1. The molecule has 2 nitrogen and oxygen atoms in total. The molecule has 0 saturated carbocycles. The topological polar surface area (TPSA) is 26.3 Å². The van der Waals surface area contributed by atoms with Gasteiger partial charge in [-0.25, -0.2) is 0 Å². The van der Waals surface area contributed by atoms with E-state index in [1.807, 2.05) is 18.4 Å². The van der Waals surface area contributed by atoms with Crippen molar-refractivity contribution < 1.29 is 9.53 Å². The van der Waals surface area contributed by atoms with E-state index in [-0.39, 0.29) is 11.9 Å². The van der Waals surface area contributed by atoms with Crippen molar-refractivity contribution in [2.75, 3.05) is 18.6 Å². The molecule has 0 N–H and O–H groups in total. The number of hydrogen-bond acceptors (Lipinski definition) is 3. The average molecular weight is 236 g/mol. The Morgan fingerprint density at radius 2 is 2.31 bits per heavy atom. The maximum Gasteiger partial charge on any atom is 0.145 e. The van der Waals surface area contributed by atoms with E-state index >= 15 is 0 Å². The standard InChI is InChI=1S/C13H16O2S/c1-16-9-11(14)8-13-12-5-3-2-4-10(12)6-7-15-13/h2-5,13H,6-9H2,1H3. The molecule has 1 aromatic carbocycles. The van der Waals surface area contributed by atoms with Crippen LogP contribution in [0.5, 0.6) is 0 Å². The first kappa shape index (κ1) is 11.7. The van der Waals surface area contributed by atoms with E-state index in [0.29, 0.717) is 12.2 Å². The van der Waals surface area contributed by atoms with Crippen molar-refractivity contribution in [3.05, 3.63) is 35.4 Å². The zero-order valence-corrected chi connectivity index (χ0v) is 10.3. The fourth-order valence-electron chi connectivity index (χ4n) is 2.07. The maximum atomic E-state index is 11.6. The Balaban J connectivity index is 2.10. The molecule has 0 bridgehead atoms. The number of carbonyl (C=O) groups excluding carboxylic acids is 1. The zero-order chi connectivity index (χ0) is 11.4. The molecular formula is C13H16O2S. The summed E-state index contributed by atoms with van der Waals surface area (Å²) in [5, 5.41) is 0. The second-order valence-corrected chi connectivity index (χ2v) is 4.85. The smallest absolute Gasteiger partial charge is 0.145 e. The number of hydrogen-bond donors (Lipinski definition) is 0. The number of fused-ring (bicyclic) bond motifs is 1. The van der Waals surface area contributed by atoms with Gasteiger partial charge in [-0.3, -0.25) is 4.79 Å². The predicted molar refractivity (Wildman–Crippen MR) is 66.8 cm³/mol. The Labute approximate surface area is 100 Å². The van der Waals surface area contributed by atoms with Crippen molar-refractivity contribution in [2.24, 2.45) is 0 Å². The van der Waals surface area contributed by atoms with Crippen LogP contribution in [0, 0.1) is 0 Å². The molecule has 0 radical (unpaired) electrons. The minimum Gasteiger partial charge on any atom is -0.373 e. The maximum absolute atomic E-state index is 11.6. The SMILES string of the molecule is CSCC(=O)CC1OCCc2ccccc21. The number of benzene rings is 1. The molecule has 86 valence electrons. The molecule has 2 rings (SSSR count). The third-order valence-electron chi connectivity index (χ3n) is 2.81. The molecule has 1 aliphatic heterocycles. The molecule has 0 saturated heterocycles. The first-order chi connectivity index (χ1) is 7.81. The van der Waals surface area contributed by atoms with E-state index in [9.17, 15) is 4.79 Å². The van der Waals surface area contributed by atoms with Gasteiger partial charge in [-0.05, 0) is 23.8 Å². The molecule has 1 atom stereocenters. The molecule has 0 aromatic heterocycles. The van der Waals surface area contributed by atoms with Crippen molar-refractivity contribution in [3.63, 3.8) is 0 Å². The van der Waals surface area contributed by atoms with Gasteiger partial charge in [0.1, 0.15) is 5.78 Å². The summed E-state index contributed by atoms with van der Waals surface area (Å²) in [5.41, 5.74) is 2.53. The number of thioether (sulfide) groups is 1. The van der Waals surface area contributed by atoms with E-state index in [4.69, 9.17) is 4.74 Å². The Morgan fingerprint density at radius 3 is 3.12 bits per heavy atom. The molecule has 0 fully saturated rings. The summed E-state index contributed by atoms with van der Waals surface area (Å²) < 4.78 is 5.69. The summed E-state index contributed by atoms with van der Waals surface area (Å²) in [5.74, 6) is 0.858. The van der Waals surface area contributed by atoms with Crippen LogP contribution >= 0.6 is 11.8 Å². The Morgan fingerprint density at radius 1 is 1.50 bits per heavy atom. The van der Waals surface area contributed by atoms with Gasteiger partial charge in [0, 0.05) is 6.42 Å². The molecule has 16 heavy (non-hydrogen) atoms. The monoisotopic (exact) mass is 236 g/mol. The van der Waals surface area contributed by atoms with Crippen LogP contribution in [0.15, 0.2) is 24.3 Å². The number of carbonyl (C=O) groups is 1. The molecule has 0 aliphatic carbocycles. The van der Waals surface area contributed by atoms with E-state index in [2.05, 4.69) is 12.1 Å². The predicted octanol–water partition coefficient (Wildman–Crippen LogP) is 2.62. The third kappa shape index (κ3) is 2.66. The van der Waals surface area contributed by atoms with E-state index < -0.39 is 0 Å². The summed E-state index contributed by atoms with van der Waals surface area (Å²) in [7, 11) is 0. The molecule has 0 amide bonds. The minimum absolute atomic E-state index is 0.0235. The van der Waals surface area contributed by atoms with Crippen LogP contribution in [0.25, 0.3) is 0 Å². The van der Waals surface area contributed by atoms with Gasteiger partial charge in [-0.15, -0.1) is 0 Å². The van der Waals surface area contributed by atoms with Gasteiger partial charge in [0.25, 0.3) is 0 Å². The highest BCUT2D eigenvalue weighted by atomic mass is 32.2. The highest BCUT2D eigenvalue weighted by Crippen LogP contribution is 2.29. The largest absolute Gasteiger partial charge is 0.373 e. The first-order valence-electron chi connectivity index (χ1n) is 5.51. The molecule has 3 heteroatoms. The molecule has 1 unspecified atom stereocenters. The Hall–Kier alpha value is -0.800. The van der Waals surface area contributed by atoms with Crippen molar-refractivity contribution in [1.29, 1.82) is 0 Å². The highest BCUT2D eigenvalue weighted by Gasteiger charge is 2.22. The summed E-state index contributed by atoms with van der Waals surface area (Å²) in [6.07, 6.45) is 3.40. The molecule has 1 aromatic rings. The summed E-state index contributed by atoms with van der Waals surface area (Å²) in [6, 6.07) is 8.26. The second-order valence-electron chi connectivity index (χ2n) is 3.98. The molecule has 1 aliphatic rings. The van der Waals surface area contributed by atoms with Gasteiger partial charge in [0.05, 0.1) is 18.5 Å². The summed E-state index contributed by atoms with van der Waals surface area (Å²) in [6.45, 7) is 0.730. The van der Waals surface area contributed by atoms with Gasteiger partial charge in [0.15, 0.2) is 0 Å². The van der Waals surface area contributed by atoms with Gasteiger partial charge < -0.3 is 4.74 Å². The first-order valence-corrected chi connectivity index (χ1v) is 6.90. The zero-order valence-electron chi connectivity index (χ0n) is 9.44. The van der Waals surface area contributed by atoms with Crippen molar-refractivity contribution in [1.82, 2.24) is 0 Å². The number of rotatable bonds is 4. The Bertz CT molecular complexity index is 376. The molecular weight excluding hydrogens is 220 g/mol. The lowest BCUT2D eigenvalue weighted by Gasteiger charge is -2.25. The molecule has 0 spiro atoms. The van der Waals surface area contributed by atoms with Crippen molar-refractivity contribution in [3.8, 4) is 0 Å². The third-order valence-corrected chi connectivity index (χ3v) is 3.42. The fourth-order valence-corrected chi connectivity index (χ4v) is 2.51. The van der Waals surface area contributed by atoms with E-state index in [1.165, 1.54) is 11.1 Å². The fraction of sp³-hybridized carbons (Fsp3) is 0.462.